The number of benzene rings is 1. The van der Waals surface area contributed by atoms with E-state index in [1.165, 1.54) is 23.2 Å². The molecule has 2 aromatic heterocycles. The number of aliphatic hydroxyl groups is 1. The third-order valence-corrected chi connectivity index (χ3v) is 5.09. The van der Waals surface area contributed by atoms with Crippen LogP contribution in [0, 0.1) is 13.8 Å². The molecule has 5 heteroatoms. The van der Waals surface area contributed by atoms with E-state index >= 15 is 0 Å². The largest absolute Gasteiger partial charge is 0.466 e. The summed E-state index contributed by atoms with van der Waals surface area (Å²) in [5, 5.41) is 13.2. The van der Waals surface area contributed by atoms with Crippen LogP contribution >= 0.6 is 11.3 Å². The van der Waals surface area contributed by atoms with E-state index in [9.17, 15) is 9.90 Å². The van der Waals surface area contributed by atoms with E-state index in [1.54, 1.807) is 12.1 Å². The molecule has 3 rings (SSSR count). The third kappa shape index (κ3) is 3.58. The molecule has 0 radical (unpaired) electrons. The number of thiophene rings is 1. The second-order valence-corrected chi connectivity index (χ2v) is 6.90. The van der Waals surface area contributed by atoms with Gasteiger partial charge in [0.15, 0.2) is 0 Å². The molecular formula is C19H19NO3S. The highest BCUT2D eigenvalue weighted by Gasteiger charge is 2.16. The molecule has 3 aromatic rings. The number of carbonyl (C=O) groups is 1. The maximum atomic E-state index is 12.2. The molecule has 0 aliphatic heterocycles. The predicted octanol–water partition coefficient (Wildman–Crippen LogP) is 3.97. The van der Waals surface area contributed by atoms with E-state index in [1.807, 2.05) is 44.2 Å². The summed E-state index contributed by atoms with van der Waals surface area (Å²) in [6.07, 6.45) is 0.769. The van der Waals surface area contributed by atoms with Gasteiger partial charge in [-0.1, -0.05) is 6.07 Å². The Hall–Kier alpha value is -2.37. The lowest BCUT2D eigenvalue weighted by Crippen LogP contribution is -2.22. The van der Waals surface area contributed by atoms with Gasteiger partial charge in [0.25, 0.3) is 5.91 Å². The van der Waals surface area contributed by atoms with Crippen molar-refractivity contribution in [3.05, 3.63) is 80.9 Å². The van der Waals surface area contributed by atoms with Crippen molar-refractivity contribution in [2.24, 2.45) is 0 Å². The summed E-state index contributed by atoms with van der Waals surface area (Å²) in [4.78, 5) is 14.0. The van der Waals surface area contributed by atoms with Gasteiger partial charge in [0.05, 0.1) is 12.8 Å². The van der Waals surface area contributed by atoms with Gasteiger partial charge in [-0.2, -0.15) is 0 Å². The standard InChI is InChI=1S/C19H19NO3S/c1-12-5-6-14(10-13(12)2)19(22)20-11-15-7-8-17(24-15)18(21)16-4-3-9-23-16/h3-10,18,21H,11H2,1-2H3,(H,20,22). The lowest BCUT2D eigenvalue weighted by molar-refractivity contribution is 0.0951. The van der Waals surface area contributed by atoms with E-state index in [0.29, 0.717) is 17.9 Å². The molecule has 0 aliphatic rings. The fourth-order valence-corrected chi connectivity index (χ4v) is 3.32. The molecule has 1 aromatic carbocycles. The minimum atomic E-state index is -0.769. The van der Waals surface area contributed by atoms with Crippen LogP contribution in [0.15, 0.2) is 53.1 Å². The Kier molecular flexibility index (Phi) is 4.83. The van der Waals surface area contributed by atoms with E-state index in [2.05, 4.69) is 5.32 Å². The van der Waals surface area contributed by atoms with Crippen molar-refractivity contribution in [2.75, 3.05) is 0 Å². The number of furan rings is 1. The van der Waals surface area contributed by atoms with E-state index in [-0.39, 0.29) is 5.91 Å². The van der Waals surface area contributed by atoms with Crippen molar-refractivity contribution in [2.45, 2.75) is 26.5 Å². The van der Waals surface area contributed by atoms with Crippen molar-refractivity contribution in [1.29, 1.82) is 0 Å². The summed E-state index contributed by atoms with van der Waals surface area (Å²) in [7, 11) is 0. The first-order valence-electron chi connectivity index (χ1n) is 7.70. The molecule has 1 unspecified atom stereocenters. The van der Waals surface area contributed by atoms with Gasteiger partial charge in [-0.15, -0.1) is 11.3 Å². The summed E-state index contributed by atoms with van der Waals surface area (Å²) < 4.78 is 5.22. The number of carbonyl (C=O) groups excluding carboxylic acids is 1. The number of hydrogen-bond acceptors (Lipinski definition) is 4. The Morgan fingerprint density at radius 1 is 1.21 bits per heavy atom. The number of hydrogen-bond donors (Lipinski definition) is 2. The monoisotopic (exact) mass is 341 g/mol. The Bertz CT molecular complexity index is 836. The second kappa shape index (κ2) is 7.03. The van der Waals surface area contributed by atoms with Crippen LogP contribution in [0.5, 0.6) is 0 Å². The quantitative estimate of drug-likeness (QED) is 0.738. The Labute approximate surface area is 144 Å². The molecule has 4 nitrogen and oxygen atoms in total. The van der Waals surface area contributed by atoms with Gasteiger partial charge < -0.3 is 14.8 Å². The molecule has 0 saturated heterocycles. The molecule has 0 aliphatic carbocycles. The van der Waals surface area contributed by atoms with Crippen LogP contribution in [0.3, 0.4) is 0 Å². The number of rotatable bonds is 5. The minimum absolute atomic E-state index is 0.0976. The number of amides is 1. The smallest absolute Gasteiger partial charge is 0.251 e. The fraction of sp³-hybridized carbons (Fsp3) is 0.211. The Morgan fingerprint density at radius 3 is 2.75 bits per heavy atom. The fourth-order valence-electron chi connectivity index (χ4n) is 2.38. The first-order valence-corrected chi connectivity index (χ1v) is 8.52. The Balaban J connectivity index is 1.63. The van der Waals surface area contributed by atoms with Crippen molar-refractivity contribution < 1.29 is 14.3 Å². The van der Waals surface area contributed by atoms with E-state index < -0.39 is 6.10 Å². The molecule has 0 saturated carbocycles. The molecule has 124 valence electrons. The molecule has 2 heterocycles. The molecule has 0 fully saturated rings. The molecular weight excluding hydrogens is 322 g/mol. The summed E-state index contributed by atoms with van der Waals surface area (Å²) in [6.45, 7) is 4.45. The van der Waals surface area contributed by atoms with Gasteiger partial charge in [0.2, 0.25) is 0 Å². The average molecular weight is 341 g/mol. The SMILES string of the molecule is Cc1ccc(C(=O)NCc2ccc(C(O)c3ccco3)s2)cc1C. The zero-order valence-corrected chi connectivity index (χ0v) is 14.4. The maximum absolute atomic E-state index is 12.2. The zero-order chi connectivity index (χ0) is 17.1. The second-order valence-electron chi connectivity index (χ2n) is 5.70. The van der Waals surface area contributed by atoms with Crippen molar-refractivity contribution in [3.8, 4) is 0 Å². The average Bonchev–Trinajstić information content (AvgIpc) is 3.26. The Morgan fingerprint density at radius 2 is 2.04 bits per heavy atom. The minimum Gasteiger partial charge on any atom is -0.466 e. The van der Waals surface area contributed by atoms with Crippen LogP contribution in [0.4, 0.5) is 0 Å². The summed E-state index contributed by atoms with van der Waals surface area (Å²) in [5.41, 5.74) is 2.93. The highest BCUT2D eigenvalue weighted by atomic mass is 32.1. The number of aryl methyl sites for hydroxylation is 2. The van der Waals surface area contributed by atoms with E-state index in [0.717, 1.165) is 15.3 Å². The van der Waals surface area contributed by atoms with Gasteiger partial charge in [-0.3, -0.25) is 4.79 Å². The molecule has 24 heavy (non-hydrogen) atoms. The van der Waals surface area contributed by atoms with Gasteiger partial charge >= 0.3 is 0 Å². The topological polar surface area (TPSA) is 62.5 Å². The highest BCUT2D eigenvalue weighted by molar-refractivity contribution is 7.12. The summed E-state index contributed by atoms with van der Waals surface area (Å²) in [6, 6.07) is 12.9. The van der Waals surface area contributed by atoms with Crippen LogP contribution in [-0.2, 0) is 6.54 Å². The molecule has 1 atom stereocenters. The molecule has 1 amide bonds. The van der Waals surface area contributed by atoms with Crippen molar-refractivity contribution >= 4 is 17.2 Å². The number of nitrogens with one attached hydrogen (secondary N) is 1. The van der Waals surface area contributed by atoms with Crippen LogP contribution in [-0.4, -0.2) is 11.0 Å². The van der Waals surface area contributed by atoms with Crippen LogP contribution in [0.1, 0.15) is 43.1 Å². The van der Waals surface area contributed by atoms with Gasteiger partial charge in [-0.25, -0.2) is 0 Å². The first-order chi connectivity index (χ1) is 11.5. The predicted molar refractivity (Wildman–Crippen MR) is 94.2 cm³/mol. The first kappa shape index (κ1) is 16.5. The van der Waals surface area contributed by atoms with Crippen LogP contribution in [0.2, 0.25) is 0 Å². The molecule has 0 spiro atoms. The molecule has 2 N–H and O–H groups in total. The van der Waals surface area contributed by atoms with Crippen LogP contribution in [0.25, 0.3) is 0 Å². The summed E-state index contributed by atoms with van der Waals surface area (Å²) >= 11 is 1.46. The summed E-state index contributed by atoms with van der Waals surface area (Å²) in [5.74, 6) is 0.419. The van der Waals surface area contributed by atoms with Crippen molar-refractivity contribution in [1.82, 2.24) is 5.32 Å². The van der Waals surface area contributed by atoms with Crippen LogP contribution < -0.4 is 5.32 Å². The number of aliphatic hydroxyl groups excluding tert-OH is 1. The van der Waals surface area contributed by atoms with E-state index in [4.69, 9.17) is 4.42 Å². The molecule has 0 bridgehead atoms. The van der Waals surface area contributed by atoms with Crippen molar-refractivity contribution in [3.63, 3.8) is 0 Å². The van der Waals surface area contributed by atoms with Gasteiger partial charge in [0.1, 0.15) is 11.9 Å². The van der Waals surface area contributed by atoms with Gasteiger partial charge in [-0.05, 0) is 61.4 Å². The lowest BCUT2D eigenvalue weighted by Gasteiger charge is -2.06. The zero-order valence-electron chi connectivity index (χ0n) is 13.6. The third-order valence-electron chi connectivity index (χ3n) is 3.96. The maximum Gasteiger partial charge on any atom is 0.251 e. The lowest BCUT2D eigenvalue weighted by atomic mass is 10.1. The normalized spacial score (nSPS) is 12.1. The highest BCUT2D eigenvalue weighted by Crippen LogP contribution is 2.28. The van der Waals surface area contributed by atoms with Gasteiger partial charge in [0, 0.05) is 15.3 Å².